The summed E-state index contributed by atoms with van der Waals surface area (Å²) < 4.78 is 4.61. The Balaban J connectivity index is 0.00000529. The normalized spacial score (nSPS) is 10.7. The molecule has 24 heavy (non-hydrogen) atoms. The summed E-state index contributed by atoms with van der Waals surface area (Å²) in [5, 5.41) is 7.31. The zero-order valence-corrected chi connectivity index (χ0v) is 17.4. The third-order valence-corrected chi connectivity index (χ3v) is 3.67. The second kappa shape index (κ2) is 14.3. The molecule has 0 heterocycles. The SMILES string of the molecule is CN=C(NCCCCCC(=O)OC)NCCc1ccc(Cl)cc1.I. The van der Waals surface area contributed by atoms with Crippen molar-refractivity contribution in [1.29, 1.82) is 0 Å². The van der Waals surface area contributed by atoms with Gasteiger partial charge in [0.2, 0.25) is 0 Å². The number of rotatable bonds is 9. The van der Waals surface area contributed by atoms with Crippen LogP contribution in [0.15, 0.2) is 29.3 Å². The number of halogens is 2. The second-order valence-electron chi connectivity index (χ2n) is 5.19. The summed E-state index contributed by atoms with van der Waals surface area (Å²) in [5.74, 6) is 0.657. The van der Waals surface area contributed by atoms with Crippen molar-refractivity contribution in [3.05, 3.63) is 34.9 Å². The van der Waals surface area contributed by atoms with E-state index in [4.69, 9.17) is 11.6 Å². The fraction of sp³-hybridized carbons (Fsp3) is 0.529. The Hall–Kier alpha value is -1.02. The number of ether oxygens (including phenoxy) is 1. The predicted octanol–water partition coefficient (Wildman–Crippen LogP) is 3.40. The summed E-state index contributed by atoms with van der Waals surface area (Å²) in [6.45, 7) is 1.64. The molecule has 1 rings (SSSR count). The molecule has 0 aliphatic rings. The van der Waals surface area contributed by atoms with Gasteiger partial charge in [0.15, 0.2) is 5.96 Å². The lowest BCUT2D eigenvalue weighted by molar-refractivity contribution is -0.140. The van der Waals surface area contributed by atoms with Crippen LogP contribution in [-0.4, -0.2) is 39.2 Å². The number of aliphatic imine (C=N–C) groups is 1. The van der Waals surface area contributed by atoms with Crippen LogP contribution in [-0.2, 0) is 16.0 Å². The number of benzene rings is 1. The van der Waals surface area contributed by atoms with Crippen LogP contribution in [0.4, 0.5) is 0 Å². The van der Waals surface area contributed by atoms with Crippen LogP contribution >= 0.6 is 35.6 Å². The number of hydrogen-bond acceptors (Lipinski definition) is 3. The Morgan fingerprint density at radius 2 is 1.79 bits per heavy atom. The topological polar surface area (TPSA) is 62.7 Å². The number of esters is 1. The van der Waals surface area contributed by atoms with Crippen LogP contribution in [0.5, 0.6) is 0 Å². The number of guanidine groups is 1. The maximum absolute atomic E-state index is 11.0. The van der Waals surface area contributed by atoms with Gasteiger partial charge in [-0.15, -0.1) is 24.0 Å². The highest BCUT2D eigenvalue weighted by Crippen LogP contribution is 2.09. The molecule has 0 aromatic heterocycles. The van der Waals surface area contributed by atoms with E-state index in [0.29, 0.717) is 6.42 Å². The highest BCUT2D eigenvalue weighted by Gasteiger charge is 2.00. The molecule has 0 aliphatic heterocycles. The largest absolute Gasteiger partial charge is 0.469 e. The number of unbranched alkanes of at least 4 members (excludes halogenated alkanes) is 2. The minimum absolute atomic E-state index is 0. The van der Waals surface area contributed by atoms with Gasteiger partial charge in [-0.1, -0.05) is 30.2 Å². The van der Waals surface area contributed by atoms with E-state index in [0.717, 1.165) is 49.8 Å². The van der Waals surface area contributed by atoms with Gasteiger partial charge < -0.3 is 15.4 Å². The van der Waals surface area contributed by atoms with Crippen LogP contribution in [0, 0.1) is 0 Å². The van der Waals surface area contributed by atoms with E-state index in [1.54, 1.807) is 7.05 Å². The van der Waals surface area contributed by atoms with Crippen molar-refractivity contribution < 1.29 is 9.53 Å². The molecule has 0 amide bonds. The first kappa shape index (κ1) is 23.0. The number of carbonyl (C=O) groups is 1. The zero-order valence-electron chi connectivity index (χ0n) is 14.3. The highest BCUT2D eigenvalue weighted by atomic mass is 127. The van der Waals surface area contributed by atoms with Gasteiger partial charge in [0.05, 0.1) is 7.11 Å². The van der Waals surface area contributed by atoms with E-state index in [2.05, 4.69) is 20.4 Å². The number of nitrogens with one attached hydrogen (secondary N) is 2. The molecule has 0 saturated heterocycles. The van der Waals surface area contributed by atoms with E-state index < -0.39 is 0 Å². The van der Waals surface area contributed by atoms with Crippen LogP contribution in [0.3, 0.4) is 0 Å². The lowest BCUT2D eigenvalue weighted by Gasteiger charge is -2.11. The van der Waals surface area contributed by atoms with Crippen molar-refractivity contribution in [2.45, 2.75) is 32.1 Å². The summed E-state index contributed by atoms with van der Waals surface area (Å²) in [6.07, 6.45) is 4.25. The third-order valence-electron chi connectivity index (χ3n) is 3.42. The minimum Gasteiger partial charge on any atom is -0.469 e. The highest BCUT2D eigenvalue weighted by molar-refractivity contribution is 14.0. The molecular formula is C17H27ClIN3O2. The van der Waals surface area contributed by atoms with E-state index in [1.165, 1.54) is 12.7 Å². The standard InChI is InChI=1S/C17H26ClN3O2.HI/c1-19-17(20-12-5-3-4-6-16(22)23-2)21-13-11-14-7-9-15(18)10-8-14;/h7-10H,3-6,11-13H2,1-2H3,(H2,19,20,21);1H. The van der Waals surface area contributed by atoms with Crippen molar-refractivity contribution >= 4 is 47.5 Å². The van der Waals surface area contributed by atoms with Gasteiger partial charge in [0.1, 0.15) is 0 Å². The first-order valence-corrected chi connectivity index (χ1v) is 8.29. The molecule has 136 valence electrons. The molecule has 1 aromatic carbocycles. The predicted molar refractivity (Wildman–Crippen MR) is 110 cm³/mol. The van der Waals surface area contributed by atoms with Crippen LogP contribution < -0.4 is 10.6 Å². The quantitative estimate of drug-likeness (QED) is 0.192. The van der Waals surface area contributed by atoms with Gasteiger partial charge in [-0.25, -0.2) is 0 Å². The second-order valence-corrected chi connectivity index (χ2v) is 5.63. The van der Waals surface area contributed by atoms with E-state index in [1.807, 2.05) is 24.3 Å². The van der Waals surface area contributed by atoms with Crippen molar-refractivity contribution in [3.63, 3.8) is 0 Å². The number of nitrogens with zero attached hydrogens (tertiary/aromatic N) is 1. The van der Waals surface area contributed by atoms with E-state index in [9.17, 15) is 4.79 Å². The molecule has 7 heteroatoms. The van der Waals surface area contributed by atoms with Crippen LogP contribution in [0.2, 0.25) is 5.02 Å². The molecule has 0 radical (unpaired) electrons. The van der Waals surface area contributed by atoms with Crippen LogP contribution in [0.1, 0.15) is 31.2 Å². The van der Waals surface area contributed by atoms with Gasteiger partial charge in [-0.05, 0) is 37.0 Å². The smallest absolute Gasteiger partial charge is 0.305 e. The Labute approximate surface area is 166 Å². The number of carbonyl (C=O) groups excluding carboxylic acids is 1. The molecule has 0 aliphatic carbocycles. The fourth-order valence-corrected chi connectivity index (χ4v) is 2.20. The molecule has 0 fully saturated rings. The van der Waals surface area contributed by atoms with Crippen LogP contribution in [0.25, 0.3) is 0 Å². The average molecular weight is 468 g/mol. The monoisotopic (exact) mass is 467 g/mol. The van der Waals surface area contributed by atoms with Gasteiger partial charge >= 0.3 is 5.97 Å². The summed E-state index contributed by atoms with van der Waals surface area (Å²) >= 11 is 5.87. The summed E-state index contributed by atoms with van der Waals surface area (Å²) in [6, 6.07) is 7.86. The molecule has 2 N–H and O–H groups in total. The van der Waals surface area contributed by atoms with E-state index in [-0.39, 0.29) is 29.9 Å². The van der Waals surface area contributed by atoms with Gasteiger partial charge in [-0.3, -0.25) is 9.79 Å². The summed E-state index contributed by atoms with van der Waals surface area (Å²) in [5.41, 5.74) is 1.24. The molecule has 0 unspecified atom stereocenters. The Morgan fingerprint density at radius 1 is 1.12 bits per heavy atom. The number of hydrogen-bond donors (Lipinski definition) is 2. The minimum atomic E-state index is -0.141. The molecule has 0 spiro atoms. The fourth-order valence-electron chi connectivity index (χ4n) is 2.08. The van der Waals surface area contributed by atoms with Crippen molar-refractivity contribution in [3.8, 4) is 0 Å². The molecule has 1 aromatic rings. The maximum Gasteiger partial charge on any atom is 0.305 e. The zero-order chi connectivity index (χ0) is 16.9. The van der Waals surface area contributed by atoms with Gasteiger partial charge in [0.25, 0.3) is 0 Å². The lowest BCUT2D eigenvalue weighted by atomic mass is 10.1. The lowest BCUT2D eigenvalue weighted by Crippen LogP contribution is -2.38. The molecule has 0 atom stereocenters. The first-order valence-electron chi connectivity index (χ1n) is 7.91. The Bertz CT molecular complexity index is 495. The average Bonchev–Trinajstić information content (AvgIpc) is 2.57. The first-order chi connectivity index (χ1) is 11.2. The molecule has 0 bridgehead atoms. The summed E-state index contributed by atoms with van der Waals surface area (Å²) in [4.78, 5) is 15.2. The van der Waals surface area contributed by atoms with Crippen molar-refractivity contribution in [2.24, 2.45) is 4.99 Å². The molecule has 0 saturated carbocycles. The Kier molecular flexibility index (Phi) is 13.7. The van der Waals surface area contributed by atoms with Gasteiger partial charge in [-0.2, -0.15) is 0 Å². The van der Waals surface area contributed by atoms with E-state index >= 15 is 0 Å². The Morgan fingerprint density at radius 3 is 2.42 bits per heavy atom. The van der Waals surface area contributed by atoms with Crippen molar-refractivity contribution in [1.82, 2.24) is 10.6 Å². The molecular weight excluding hydrogens is 441 g/mol. The summed E-state index contributed by atoms with van der Waals surface area (Å²) in [7, 11) is 3.18. The van der Waals surface area contributed by atoms with Gasteiger partial charge in [0, 0.05) is 31.6 Å². The number of methoxy groups -OCH3 is 1. The molecule has 5 nitrogen and oxygen atoms in total. The maximum atomic E-state index is 11.0. The van der Waals surface area contributed by atoms with Crippen molar-refractivity contribution in [2.75, 3.05) is 27.2 Å². The third kappa shape index (κ3) is 10.7.